The Morgan fingerprint density at radius 1 is 0.850 bits per heavy atom. The quantitative estimate of drug-likeness (QED) is 0.453. The van der Waals surface area contributed by atoms with Crippen LogP contribution in [0, 0.1) is 5.92 Å². The van der Waals surface area contributed by atoms with Gasteiger partial charge in [-0.3, -0.25) is 24.3 Å². The van der Waals surface area contributed by atoms with Gasteiger partial charge in [-0.25, -0.2) is 0 Å². The van der Waals surface area contributed by atoms with Crippen LogP contribution in [0.3, 0.4) is 0 Å². The highest BCUT2D eigenvalue weighted by atomic mass is 35.5. The first-order chi connectivity index (χ1) is 18.4. The number of likely N-dealkylation sites (tertiary alicyclic amines) is 1. The van der Waals surface area contributed by atoms with Gasteiger partial charge in [-0.1, -0.05) is 35.9 Å². The van der Waals surface area contributed by atoms with E-state index in [1.54, 1.807) is 6.07 Å². The molecule has 1 N–H and O–H groups in total. The van der Waals surface area contributed by atoms with Gasteiger partial charge in [0, 0.05) is 81.1 Å². The van der Waals surface area contributed by atoms with Crippen LogP contribution in [0.5, 0.6) is 5.75 Å². The van der Waals surface area contributed by atoms with Crippen LogP contribution in [0.2, 0.25) is 5.02 Å². The average Bonchev–Trinajstić information content (AvgIpc) is 2.90. The van der Waals surface area contributed by atoms with Crippen LogP contribution in [0.4, 0.5) is 0 Å². The number of aromatic hydroxyl groups is 1. The van der Waals surface area contributed by atoms with Crippen molar-refractivity contribution in [3.05, 3.63) is 96.9 Å². The van der Waals surface area contributed by atoms with Gasteiger partial charge in [0.15, 0.2) is 5.76 Å². The third-order valence-corrected chi connectivity index (χ3v) is 8.53. The lowest BCUT2D eigenvalue weighted by Gasteiger charge is -2.42. The molecular formula is C29H35Cl3N4O4. The van der Waals surface area contributed by atoms with Gasteiger partial charge in [0.05, 0.1) is 13.1 Å². The van der Waals surface area contributed by atoms with Gasteiger partial charge in [-0.2, -0.15) is 0 Å². The van der Waals surface area contributed by atoms with Gasteiger partial charge >= 0.3 is 0 Å². The number of halogens is 3. The summed E-state index contributed by atoms with van der Waals surface area (Å²) < 4.78 is 8.04. The molecule has 216 valence electrons. The predicted octanol–water partition coefficient (Wildman–Crippen LogP) is 3.94. The molecule has 0 amide bonds. The van der Waals surface area contributed by atoms with Crippen LogP contribution in [0.25, 0.3) is 0 Å². The van der Waals surface area contributed by atoms with Crippen LogP contribution in [-0.4, -0.2) is 63.6 Å². The number of hydrogen-bond acceptors (Lipinski definition) is 7. The fourth-order valence-corrected chi connectivity index (χ4v) is 6.49. The molecule has 3 aliphatic heterocycles. The second kappa shape index (κ2) is 13.1. The molecule has 2 saturated heterocycles. The van der Waals surface area contributed by atoms with Gasteiger partial charge in [-0.05, 0) is 30.0 Å². The molecule has 0 saturated carbocycles. The average molecular weight is 610 g/mol. The second-order valence-corrected chi connectivity index (χ2v) is 11.3. The van der Waals surface area contributed by atoms with Crippen molar-refractivity contribution in [2.45, 2.75) is 38.5 Å². The summed E-state index contributed by atoms with van der Waals surface area (Å²) in [7, 11) is 0. The summed E-state index contributed by atoms with van der Waals surface area (Å²) in [6, 6.07) is 14.9. The zero-order chi connectivity index (χ0) is 26.2. The Hall–Kier alpha value is -2.33. The van der Waals surface area contributed by atoms with Crippen LogP contribution in [-0.2, 0) is 26.2 Å². The zero-order valence-corrected chi connectivity index (χ0v) is 24.6. The molecule has 2 fully saturated rings. The van der Waals surface area contributed by atoms with Crippen molar-refractivity contribution in [3.63, 3.8) is 0 Å². The summed E-state index contributed by atoms with van der Waals surface area (Å²) in [6.45, 7) is 7.48. The van der Waals surface area contributed by atoms with E-state index in [-0.39, 0.29) is 36.1 Å². The number of fused-ring (bicyclic) bond motifs is 4. The van der Waals surface area contributed by atoms with E-state index in [9.17, 15) is 14.7 Å². The molecule has 6 rings (SSSR count). The fourth-order valence-electron chi connectivity index (χ4n) is 6.29. The van der Waals surface area contributed by atoms with Crippen LogP contribution < -0.4 is 11.0 Å². The molecule has 0 spiro atoms. The molecule has 2 bridgehead atoms. The normalized spacial score (nSPS) is 21.2. The number of hydrogen-bond donors (Lipinski definition) is 1. The van der Waals surface area contributed by atoms with E-state index in [2.05, 4.69) is 26.8 Å². The lowest BCUT2D eigenvalue weighted by molar-refractivity contribution is 0.100. The fraction of sp³-hybridized carbons (Fsp3) is 0.448. The highest BCUT2D eigenvalue weighted by Crippen LogP contribution is 2.35. The molecule has 3 aliphatic rings. The molecule has 40 heavy (non-hydrogen) atoms. The lowest BCUT2D eigenvalue weighted by Crippen LogP contribution is -2.46. The molecule has 3 aromatic rings. The van der Waals surface area contributed by atoms with Gasteiger partial charge in [0.2, 0.25) is 11.2 Å². The van der Waals surface area contributed by atoms with E-state index in [1.165, 1.54) is 6.07 Å². The Morgan fingerprint density at radius 3 is 2.33 bits per heavy atom. The number of pyridine rings is 1. The maximum Gasteiger partial charge on any atom is 0.250 e. The van der Waals surface area contributed by atoms with Gasteiger partial charge in [0.1, 0.15) is 5.76 Å². The summed E-state index contributed by atoms with van der Waals surface area (Å²) in [5, 5.41) is 11.3. The first-order valence-electron chi connectivity index (χ1n) is 13.4. The minimum atomic E-state index is -0.396. The smallest absolute Gasteiger partial charge is 0.250 e. The topological polar surface area (TPSA) is 82.2 Å². The molecule has 11 heteroatoms. The van der Waals surface area contributed by atoms with Crippen molar-refractivity contribution < 1.29 is 9.52 Å². The van der Waals surface area contributed by atoms with Gasteiger partial charge in [-0.15, -0.1) is 24.8 Å². The van der Waals surface area contributed by atoms with E-state index in [0.717, 1.165) is 75.1 Å². The maximum absolute atomic E-state index is 12.6. The number of piperazine rings is 1. The highest BCUT2D eigenvalue weighted by molar-refractivity contribution is 6.31. The Balaban J connectivity index is 0.00000185. The van der Waals surface area contributed by atoms with E-state index in [1.807, 2.05) is 28.8 Å². The minimum Gasteiger partial charge on any atom is -0.502 e. The predicted molar refractivity (Wildman–Crippen MR) is 160 cm³/mol. The van der Waals surface area contributed by atoms with Gasteiger partial charge < -0.3 is 14.1 Å². The lowest BCUT2D eigenvalue weighted by atomic mass is 9.83. The van der Waals surface area contributed by atoms with Crippen LogP contribution in [0.15, 0.2) is 62.5 Å². The summed E-state index contributed by atoms with van der Waals surface area (Å²) in [6.07, 6.45) is 1.08. The molecule has 2 aromatic heterocycles. The number of aromatic nitrogens is 1. The first-order valence-corrected chi connectivity index (χ1v) is 13.8. The third-order valence-electron chi connectivity index (χ3n) is 8.16. The van der Waals surface area contributed by atoms with Crippen molar-refractivity contribution in [2.75, 3.05) is 39.3 Å². The first kappa shape index (κ1) is 30.6. The Kier molecular flexibility index (Phi) is 10.0. The summed E-state index contributed by atoms with van der Waals surface area (Å²) in [5.41, 5.74) is 1.90. The SMILES string of the molecule is Cl.Cl.O=c1cc(CN2C[C@H]3C[C@@H](C2)c2cccc(=O)n2C3)oc(CN2CCN(Cc3ccccc3Cl)CC2)c1O. The monoisotopic (exact) mass is 608 g/mol. The summed E-state index contributed by atoms with van der Waals surface area (Å²) in [4.78, 5) is 31.8. The molecular weight excluding hydrogens is 575 g/mol. The summed E-state index contributed by atoms with van der Waals surface area (Å²) >= 11 is 6.33. The van der Waals surface area contributed by atoms with E-state index in [0.29, 0.717) is 36.4 Å². The number of rotatable bonds is 6. The molecule has 5 heterocycles. The molecule has 1 aromatic carbocycles. The molecule has 0 aliphatic carbocycles. The van der Waals surface area contributed by atoms with Crippen molar-refractivity contribution in [1.29, 1.82) is 0 Å². The minimum absolute atomic E-state index is 0. The molecule has 2 atom stereocenters. The van der Waals surface area contributed by atoms with Crippen molar-refractivity contribution in [2.24, 2.45) is 5.92 Å². The van der Waals surface area contributed by atoms with E-state index < -0.39 is 5.43 Å². The van der Waals surface area contributed by atoms with Crippen LogP contribution in [0.1, 0.15) is 35.1 Å². The Bertz CT molecular complexity index is 1440. The van der Waals surface area contributed by atoms with Crippen molar-refractivity contribution in [3.8, 4) is 5.75 Å². The van der Waals surface area contributed by atoms with E-state index >= 15 is 0 Å². The zero-order valence-electron chi connectivity index (χ0n) is 22.2. The summed E-state index contributed by atoms with van der Waals surface area (Å²) in [5.74, 6) is 1.30. The largest absolute Gasteiger partial charge is 0.502 e. The molecule has 0 unspecified atom stereocenters. The third kappa shape index (κ3) is 6.59. The highest BCUT2D eigenvalue weighted by Gasteiger charge is 2.34. The number of nitrogens with zero attached hydrogens (tertiary/aromatic N) is 4. The Morgan fingerprint density at radius 2 is 1.57 bits per heavy atom. The molecule has 0 radical (unpaired) electrons. The number of piperidine rings is 1. The molecule has 8 nitrogen and oxygen atoms in total. The van der Waals surface area contributed by atoms with Crippen molar-refractivity contribution >= 4 is 36.4 Å². The van der Waals surface area contributed by atoms with Crippen molar-refractivity contribution in [1.82, 2.24) is 19.3 Å². The number of benzene rings is 1. The van der Waals surface area contributed by atoms with Crippen LogP contribution >= 0.6 is 36.4 Å². The maximum atomic E-state index is 12.6. The van der Waals surface area contributed by atoms with E-state index in [4.69, 9.17) is 16.0 Å². The second-order valence-electron chi connectivity index (χ2n) is 10.9. The standard InChI is InChI=1S/C29H33ClN4O4.2ClH/c30-24-5-2-1-4-21(24)16-31-8-10-32(11-9-31)19-27-29(37)26(35)13-23(38-27)18-33-14-20-12-22(17-33)25-6-3-7-28(36)34(25)15-20;;/h1-7,13,20,22,37H,8-12,14-19H2;2*1H/t20-,22+;;/m1../s1. The Labute approximate surface area is 251 Å². The van der Waals surface area contributed by atoms with Gasteiger partial charge in [0.25, 0.3) is 5.56 Å².